The van der Waals surface area contributed by atoms with Gasteiger partial charge in [-0.3, -0.25) is 14.5 Å². The van der Waals surface area contributed by atoms with Crippen molar-refractivity contribution < 1.29 is 18.0 Å². The molecule has 1 aliphatic heterocycles. The lowest BCUT2D eigenvalue weighted by molar-refractivity contribution is -0.125. The van der Waals surface area contributed by atoms with Crippen molar-refractivity contribution in [1.29, 1.82) is 0 Å². The highest BCUT2D eigenvalue weighted by molar-refractivity contribution is 7.89. The van der Waals surface area contributed by atoms with E-state index in [1.165, 1.54) is 16.4 Å². The van der Waals surface area contributed by atoms with Crippen LogP contribution in [0.3, 0.4) is 0 Å². The Morgan fingerprint density at radius 3 is 2.41 bits per heavy atom. The summed E-state index contributed by atoms with van der Waals surface area (Å²) in [5.41, 5.74) is 5.89. The van der Waals surface area contributed by atoms with Crippen LogP contribution in [0.2, 0.25) is 0 Å². The summed E-state index contributed by atoms with van der Waals surface area (Å²) in [5, 5.41) is 2.76. The molecule has 0 spiro atoms. The molecular weight excluding hydrogens is 368 g/mol. The van der Waals surface area contributed by atoms with Crippen LogP contribution >= 0.6 is 0 Å². The summed E-state index contributed by atoms with van der Waals surface area (Å²) >= 11 is 0. The Balaban J connectivity index is 1.96. The van der Waals surface area contributed by atoms with E-state index in [0.29, 0.717) is 25.3 Å². The number of likely N-dealkylation sites (tertiary alicyclic amines) is 1. The second-order valence-corrected chi connectivity index (χ2v) is 8.58. The van der Waals surface area contributed by atoms with Crippen molar-refractivity contribution in [3.05, 3.63) is 24.3 Å². The van der Waals surface area contributed by atoms with Crippen molar-refractivity contribution in [2.45, 2.75) is 31.6 Å². The molecule has 9 heteroatoms. The van der Waals surface area contributed by atoms with Crippen LogP contribution in [0, 0.1) is 5.92 Å². The van der Waals surface area contributed by atoms with Crippen LogP contribution in [-0.2, 0) is 19.6 Å². The molecule has 0 radical (unpaired) electrons. The topological polar surface area (TPSA) is 113 Å². The Bertz CT molecular complexity index is 760. The van der Waals surface area contributed by atoms with Crippen LogP contribution in [0.25, 0.3) is 0 Å². The normalized spacial score (nSPS) is 18.4. The predicted octanol–water partition coefficient (Wildman–Crippen LogP) is 0.853. The minimum Gasteiger partial charge on any atom is -0.369 e. The van der Waals surface area contributed by atoms with Crippen LogP contribution in [0.15, 0.2) is 29.2 Å². The van der Waals surface area contributed by atoms with Crippen LogP contribution < -0.4 is 11.1 Å². The van der Waals surface area contributed by atoms with E-state index in [0.717, 1.165) is 19.4 Å². The lowest BCUT2D eigenvalue weighted by atomic mass is 9.97. The molecule has 1 fully saturated rings. The van der Waals surface area contributed by atoms with Gasteiger partial charge in [0.25, 0.3) is 0 Å². The van der Waals surface area contributed by atoms with Crippen molar-refractivity contribution in [2.75, 3.05) is 38.0 Å². The summed E-state index contributed by atoms with van der Waals surface area (Å²) < 4.78 is 26.3. The molecule has 0 saturated carbocycles. The van der Waals surface area contributed by atoms with Gasteiger partial charge in [-0.25, -0.2) is 8.42 Å². The molecule has 2 rings (SSSR count). The third-order valence-electron chi connectivity index (χ3n) is 4.76. The SMILES string of the molecule is CCN(CC)S(=O)(=O)c1ccc(NC(=O)CN2CCC[C@@H](C(N)=O)C2)cc1. The molecule has 0 aliphatic carbocycles. The van der Waals surface area contributed by atoms with E-state index < -0.39 is 10.0 Å². The highest BCUT2D eigenvalue weighted by Crippen LogP contribution is 2.19. The molecule has 0 unspecified atom stereocenters. The molecular formula is C18H28N4O4S. The van der Waals surface area contributed by atoms with E-state index in [9.17, 15) is 18.0 Å². The highest BCUT2D eigenvalue weighted by atomic mass is 32.2. The number of hydrogen-bond donors (Lipinski definition) is 2. The van der Waals surface area contributed by atoms with Crippen LogP contribution in [0.4, 0.5) is 5.69 Å². The van der Waals surface area contributed by atoms with Crippen LogP contribution in [-0.4, -0.2) is 62.2 Å². The average Bonchev–Trinajstić information content (AvgIpc) is 2.63. The number of anilines is 1. The number of hydrogen-bond acceptors (Lipinski definition) is 5. The molecule has 27 heavy (non-hydrogen) atoms. The van der Waals surface area contributed by atoms with E-state index in [4.69, 9.17) is 5.73 Å². The van der Waals surface area contributed by atoms with Gasteiger partial charge in [0.15, 0.2) is 0 Å². The number of rotatable bonds is 8. The zero-order valence-corrected chi connectivity index (χ0v) is 16.7. The predicted molar refractivity (Wildman–Crippen MR) is 104 cm³/mol. The summed E-state index contributed by atoms with van der Waals surface area (Å²) in [6, 6.07) is 6.15. The Morgan fingerprint density at radius 1 is 1.22 bits per heavy atom. The first kappa shape index (κ1) is 21.3. The second-order valence-electron chi connectivity index (χ2n) is 6.64. The van der Waals surface area contributed by atoms with Gasteiger partial charge >= 0.3 is 0 Å². The van der Waals surface area contributed by atoms with Gasteiger partial charge in [-0.2, -0.15) is 4.31 Å². The largest absolute Gasteiger partial charge is 0.369 e. The number of piperidine rings is 1. The lowest BCUT2D eigenvalue weighted by Crippen LogP contribution is -2.44. The van der Waals surface area contributed by atoms with Crippen molar-refractivity contribution in [1.82, 2.24) is 9.21 Å². The zero-order chi connectivity index (χ0) is 20.0. The van der Waals surface area contributed by atoms with E-state index in [-0.39, 0.29) is 29.2 Å². The number of nitrogens with zero attached hydrogens (tertiary/aromatic N) is 2. The molecule has 1 aliphatic rings. The number of carbonyl (C=O) groups excluding carboxylic acids is 2. The quantitative estimate of drug-likeness (QED) is 0.676. The molecule has 0 aromatic heterocycles. The maximum atomic E-state index is 12.5. The third kappa shape index (κ3) is 5.50. The maximum Gasteiger partial charge on any atom is 0.243 e. The minimum atomic E-state index is -3.51. The van der Waals surface area contributed by atoms with Crippen molar-refractivity contribution in [3.8, 4) is 0 Å². The minimum absolute atomic E-state index is 0.170. The third-order valence-corrected chi connectivity index (χ3v) is 6.82. The Hall–Kier alpha value is -1.97. The van der Waals surface area contributed by atoms with Crippen molar-refractivity contribution in [3.63, 3.8) is 0 Å². The first-order valence-electron chi connectivity index (χ1n) is 9.19. The molecule has 1 heterocycles. The highest BCUT2D eigenvalue weighted by Gasteiger charge is 2.25. The smallest absolute Gasteiger partial charge is 0.243 e. The first-order chi connectivity index (χ1) is 12.8. The van der Waals surface area contributed by atoms with Crippen molar-refractivity contribution in [2.24, 2.45) is 11.7 Å². The van der Waals surface area contributed by atoms with Crippen LogP contribution in [0.1, 0.15) is 26.7 Å². The summed E-state index contributed by atoms with van der Waals surface area (Å²) in [6.45, 7) is 5.79. The van der Waals surface area contributed by atoms with Gasteiger partial charge in [-0.05, 0) is 43.7 Å². The number of benzene rings is 1. The Labute approximate surface area is 160 Å². The fraction of sp³-hybridized carbons (Fsp3) is 0.556. The van der Waals surface area contributed by atoms with Gasteiger partial charge in [0.05, 0.1) is 17.4 Å². The average molecular weight is 397 g/mol. The van der Waals surface area contributed by atoms with Gasteiger partial charge < -0.3 is 11.1 Å². The summed E-state index contributed by atoms with van der Waals surface area (Å²) in [6.07, 6.45) is 1.59. The number of carbonyl (C=O) groups is 2. The standard InChI is InChI=1S/C18H28N4O4S/c1-3-22(4-2)27(25,26)16-9-7-15(8-10-16)20-17(23)13-21-11-5-6-14(12-21)18(19)24/h7-10,14H,3-6,11-13H2,1-2H3,(H2,19,24)(H,20,23)/t14-/m1/s1. The monoisotopic (exact) mass is 396 g/mol. The molecule has 0 bridgehead atoms. The Kier molecular flexibility index (Phi) is 7.34. The maximum absolute atomic E-state index is 12.5. The van der Waals surface area contributed by atoms with E-state index >= 15 is 0 Å². The van der Waals surface area contributed by atoms with Gasteiger partial charge in [-0.15, -0.1) is 0 Å². The molecule has 1 atom stereocenters. The molecule has 1 aromatic carbocycles. The van der Waals surface area contributed by atoms with E-state index in [2.05, 4.69) is 5.32 Å². The molecule has 150 valence electrons. The fourth-order valence-corrected chi connectivity index (χ4v) is 4.72. The second kappa shape index (κ2) is 9.29. The molecule has 1 aromatic rings. The Morgan fingerprint density at radius 2 is 1.85 bits per heavy atom. The molecule has 1 saturated heterocycles. The van der Waals surface area contributed by atoms with Gasteiger partial charge in [0.1, 0.15) is 0 Å². The number of nitrogens with one attached hydrogen (secondary N) is 1. The number of nitrogens with two attached hydrogens (primary N) is 1. The summed E-state index contributed by atoms with van der Waals surface area (Å²) in [4.78, 5) is 25.7. The van der Waals surface area contributed by atoms with Gasteiger partial charge in [0, 0.05) is 25.3 Å². The molecule has 2 amide bonds. The lowest BCUT2D eigenvalue weighted by Gasteiger charge is -2.30. The molecule has 3 N–H and O–H groups in total. The van der Waals surface area contributed by atoms with Gasteiger partial charge in [0.2, 0.25) is 21.8 Å². The number of primary amides is 1. The summed E-state index contributed by atoms with van der Waals surface area (Å²) in [5.74, 6) is -0.749. The van der Waals surface area contributed by atoms with E-state index in [1.807, 2.05) is 4.90 Å². The zero-order valence-electron chi connectivity index (χ0n) is 15.8. The van der Waals surface area contributed by atoms with Crippen molar-refractivity contribution >= 4 is 27.5 Å². The number of amides is 2. The van der Waals surface area contributed by atoms with Gasteiger partial charge in [-0.1, -0.05) is 13.8 Å². The fourth-order valence-electron chi connectivity index (χ4n) is 3.26. The first-order valence-corrected chi connectivity index (χ1v) is 10.6. The molecule has 8 nitrogen and oxygen atoms in total. The van der Waals surface area contributed by atoms with Crippen LogP contribution in [0.5, 0.6) is 0 Å². The van der Waals surface area contributed by atoms with E-state index in [1.54, 1.807) is 26.0 Å². The number of sulfonamides is 1. The summed E-state index contributed by atoms with van der Waals surface area (Å²) in [7, 11) is -3.51.